The van der Waals surface area contributed by atoms with E-state index in [1.807, 2.05) is 23.1 Å². The van der Waals surface area contributed by atoms with Crippen molar-refractivity contribution in [2.45, 2.75) is 31.7 Å². The summed E-state index contributed by atoms with van der Waals surface area (Å²) in [4.78, 5) is 32.4. The molecule has 0 saturated carbocycles. The molecule has 0 aliphatic carbocycles. The molecule has 164 valence electrons. The number of rotatable bonds is 5. The van der Waals surface area contributed by atoms with Crippen molar-refractivity contribution in [3.8, 4) is 11.5 Å². The van der Waals surface area contributed by atoms with Crippen molar-refractivity contribution < 1.29 is 14.3 Å². The molecule has 0 radical (unpaired) electrons. The maximum absolute atomic E-state index is 13.2. The molecule has 1 fully saturated rings. The van der Waals surface area contributed by atoms with Crippen molar-refractivity contribution in [3.05, 3.63) is 60.3 Å². The lowest BCUT2D eigenvalue weighted by Gasteiger charge is -2.24. The molecule has 2 aromatic heterocycles. The number of aromatic nitrogens is 4. The fourth-order valence-electron chi connectivity index (χ4n) is 4.05. The second kappa shape index (κ2) is 9.17. The number of nitrogens with zero attached hydrogens (tertiary/aromatic N) is 5. The number of carbonyl (C=O) groups excluding carboxylic acids is 1. The first kappa shape index (κ1) is 20.2. The summed E-state index contributed by atoms with van der Waals surface area (Å²) in [5, 5.41) is 3.06. The molecule has 9 heteroatoms. The quantitative estimate of drug-likeness (QED) is 0.656. The van der Waals surface area contributed by atoms with Gasteiger partial charge in [-0.2, -0.15) is 0 Å². The molecular formula is C23H24N6O3. The molecule has 3 aromatic rings. The van der Waals surface area contributed by atoms with E-state index in [0.29, 0.717) is 43.7 Å². The summed E-state index contributed by atoms with van der Waals surface area (Å²) >= 11 is 0. The van der Waals surface area contributed by atoms with Gasteiger partial charge in [-0.15, -0.1) is 0 Å². The van der Waals surface area contributed by atoms with Gasteiger partial charge in [0.15, 0.2) is 17.3 Å². The predicted molar refractivity (Wildman–Crippen MR) is 117 cm³/mol. The maximum Gasteiger partial charge on any atom is 0.228 e. The largest absolute Gasteiger partial charge is 0.490 e. The van der Waals surface area contributed by atoms with Crippen molar-refractivity contribution in [2.75, 3.05) is 25.1 Å². The fraction of sp³-hybridized carbons (Fsp3) is 0.348. The Kier molecular flexibility index (Phi) is 5.78. The summed E-state index contributed by atoms with van der Waals surface area (Å²) in [6, 6.07) is 7.37. The Bertz CT molecular complexity index is 1090. The number of hydrogen-bond acceptors (Lipinski definition) is 8. The molecule has 1 atom stereocenters. The van der Waals surface area contributed by atoms with Crippen LogP contribution in [-0.4, -0.2) is 50.5 Å². The predicted octanol–water partition coefficient (Wildman–Crippen LogP) is 3.08. The van der Waals surface area contributed by atoms with E-state index in [9.17, 15) is 4.79 Å². The third-order valence-electron chi connectivity index (χ3n) is 5.54. The minimum absolute atomic E-state index is 0.0635. The highest BCUT2D eigenvalue weighted by Crippen LogP contribution is 2.33. The molecule has 2 aliphatic rings. The zero-order valence-corrected chi connectivity index (χ0v) is 17.6. The number of anilines is 2. The fourth-order valence-corrected chi connectivity index (χ4v) is 4.05. The van der Waals surface area contributed by atoms with Gasteiger partial charge in [0.1, 0.15) is 0 Å². The summed E-state index contributed by atoms with van der Waals surface area (Å²) < 4.78 is 11.4. The summed E-state index contributed by atoms with van der Waals surface area (Å²) in [5.74, 6) is 2.51. The molecule has 32 heavy (non-hydrogen) atoms. The van der Waals surface area contributed by atoms with Gasteiger partial charge < -0.3 is 19.7 Å². The lowest BCUT2D eigenvalue weighted by Crippen LogP contribution is -2.32. The Labute approximate surface area is 185 Å². The number of hydrogen-bond donors (Lipinski definition) is 1. The molecule has 1 N–H and O–H groups in total. The SMILES string of the molecule is O=C(Cc1ccc2c(c1)OCCCO2)N1CCC[C@H]1c1cncc(Nc2ncccn2)n1. The van der Waals surface area contributed by atoms with Crippen LogP contribution in [0.15, 0.2) is 49.1 Å². The van der Waals surface area contributed by atoms with Crippen LogP contribution < -0.4 is 14.8 Å². The van der Waals surface area contributed by atoms with E-state index in [2.05, 4.69) is 25.3 Å². The van der Waals surface area contributed by atoms with Gasteiger partial charge in [0.05, 0.1) is 43.8 Å². The maximum atomic E-state index is 13.2. The molecule has 0 bridgehead atoms. The van der Waals surface area contributed by atoms with Crippen LogP contribution in [-0.2, 0) is 11.2 Å². The number of nitrogens with one attached hydrogen (secondary N) is 1. The van der Waals surface area contributed by atoms with E-state index < -0.39 is 0 Å². The number of amides is 1. The number of benzene rings is 1. The van der Waals surface area contributed by atoms with Crippen molar-refractivity contribution >= 4 is 17.7 Å². The molecule has 1 aromatic carbocycles. The van der Waals surface area contributed by atoms with E-state index in [1.165, 1.54) is 0 Å². The molecule has 4 heterocycles. The molecule has 0 spiro atoms. The number of ether oxygens (including phenoxy) is 2. The van der Waals surface area contributed by atoms with Crippen molar-refractivity contribution in [2.24, 2.45) is 0 Å². The Balaban J connectivity index is 1.30. The van der Waals surface area contributed by atoms with Gasteiger partial charge in [0, 0.05) is 25.4 Å². The van der Waals surface area contributed by atoms with Gasteiger partial charge in [-0.25, -0.2) is 15.0 Å². The van der Waals surface area contributed by atoms with Crippen LogP contribution in [0.2, 0.25) is 0 Å². The third-order valence-corrected chi connectivity index (χ3v) is 5.54. The second-order valence-electron chi connectivity index (χ2n) is 7.78. The molecule has 2 aliphatic heterocycles. The molecule has 1 amide bonds. The summed E-state index contributed by atoms with van der Waals surface area (Å²) in [6.45, 7) is 1.97. The highest BCUT2D eigenvalue weighted by atomic mass is 16.5. The average molecular weight is 432 g/mol. The van der Waals surface area contributed by atoms with Crippen LogP contribution >= 0.6 is 0 Å². The lowest BCUT2D eigenvalue weighted by atomic mass is 10.1. The molecular weight excluding hydrogens is 408 g/mol. The first-order chi connectivity index (χ1) is 15.8. The van der Waals surface area contributed by atoms with E-state index >= 15 is 0 Å². The first-order valence-corrected chi connectivity index (χ1v) is 10.8. The zero-order chi connectivity index (χ0) is 21.8. The molecule has 0 unspecified atom stereocenters. The van der Waals surface area contributed by atoms with Crippen LogP contribution in [0.3, 0.4) is 0 Å². The summed E-state index contributed by atoms with van der Waals surface area (Å²) in [5.41, 5.74) is 1.67. The van der Waals surface area contributed by atoms with Crippen molar-refractivity contribution in [1.29, 1.82) is 0 Å². The van der Waals surface area contributed by atoms with Crippen molar-refractivity contribution in [1.82, 2.24) is 24.8 Å². The van der Waals surface area contributed by atoms with Crippen LogP contribution in [0.4, 0.5) is 11.8 Å². The second-order valence-corrected chi connectivity index (χ2v) is 7.78. The third kappa shape index (κ3) is 4.46. The smallest absolute Gasteiger partial charge is 0.228 e. The van der Waals surface area contributed by atoms with Crippen LogP contribution in [0, 0.1) is 0 Å². The van der Waals surface area contributed by atoms with E-state index in [1.54, 1.807) is 30.9 Å². The van der Waals surface area contributed by atoms with Crippen LogP contribution in [0.25, 0.3) is 0 Å². The van der Waals surface area contributed by atoms with Gasteiger partial charge >= 0.3 is 0 Å². The first-order valence-electron chi connectivity index (χ1n) is 10.8. The van der Waals surface area contributed by atoms with Gasteiger partial charge in [0.25, 0.3) is 0 Å². The molecule has 5 rings (SSSR count). The van der Waals surface area contributed by atoms with E-state index in [0.717, 1.165) is 36.3 Å². The van der Waals surface area contributed by atoms with Crippen LogP contribution in [0.1, 0.15) is 36.6 Å². The lowest BCUT2D eigenvalue weighted by molar-refractivity contribution is -0.131. The highest BCUT2D eigenvalue weighted by molar-refractivity contribution is 5.79. The molecule has 9 nitrogen and oxygen atoms in total. The van der Waals surface area contributed by atoms with Gasteiger partial charge in [-0.3, -0.25) is 9.78 Å². The number of carbonyl (C=O) groups is 1. The Morgan fingerprint density at radius 1 is 1.09 bits per heavy atom. The Morgan fingerprint density at radius 2 is 1.94 bits per heavy atom. The minimum atomic E-state index is -0.103. The Hall–Kier alpha value is -3.75. The van der Waals surface area contributed by atoms with E-state index in [4.69, 9.17) is 9.47 Å². The van der Waals surface area contributed by atoms with Gasteiger partial charge in [-0.1, -0.05) is 6.07 Å². The monoisotopic (exact) mass is 432 g/mol. The number of fused-ring (bicyclic) bond motifs is 1. The van der Waals surface area contributed by atoms with Crippen LogP contribution in [0.5, 0.6) is 11.5 Å². The standard InChI is InChI=1S/C23H24N6O3/c30-22(13-16-5-6-19-20(12-16)32-11-3-10-31-19)29-9-1-4-18(29)17-14-24-15-21(27-17)28-23-25-7-2-8-26-23/h2,5-8,12,14-15,18H,1,3-4,9-11,13H2,(H,25,26,27,28)/t18-/m0/s1. The number of likely N-dealkylation sites (tertiary alicyclic amines) is 1. The normalized spacial score (nSPS) is 17.6. The average Bonchev–Trinajstić information content (AvgIpc) is 3.20. The summed E-state index contributed by atoms with van der Waals surface area (Å²) in [6.07, 6.45) is 9.60. The van der Waals surface area contributed by atoms with E-state index in [-0.39, 0.29) is 11.9 Å². The van der Waals surface area contributed by atoms with Gasteiger partial charge in [-0.05, 0) is 36.6 Å². The Morgan fingerprint density at radius 3 is 2.81 bits per heavy atom. The zero-order valence-electron chi connectivity index (χ0n) is 17.6. The minimum Gasteiger partial charge on any atom is -0.490 e. The highest BCUT2D eigenvalue weighted by Gasteiger charge is 2.31. The molecule has 1 saturated heterocycles. The summed E-state index contributed by atoms with van der Waals surface area (Å²) in [7, 11) is 0. The topological polar surface area (TPSA) is 102 Å². The van der Waals surface area contributed by atoms with Gasteiger partial charge in [0.2, 0.25) is 11.9 Å². The van der Waals surface area contributed by atoms with Crippen molar-refractivity contribution in [3.63, 3.8) is 0 Å².